The molecular weight excluding hydrogens is 317 g/mol. The first kappa shape index (κ1) is 13.5. The van der Waals surface area contributed by atoms with E-state index in [4.69, 9.17) is 4.74 Å². The monoisotopic (exact) mass is 335 g/mol. The molecule has 1 heterocycles. The molecule has 0 aliphatic carbocycles. The van der Waals surface area contributed by atoms with Crippen molar-refractivity contribution in [3.05, 3.63) is 20.5 Å². The van der Waals surface area contributed by atoms with Crippen molar-refractivity contribution in [3.8, 4) is 0 Å². The summed E-state index contributed by atoms with van der Waals surface area (Å²) in [5, 5.41) is 0. The number of nitrogens with one attached hydrogen (secondary N) is 1. The van der Waals surface area contributed by atoms with Gasteiger partial charge in [0.2, 0.25) is 0 Å². The quantitative estimate of drug-likeness (QED) is 0.509. The van der Waals surface area contributed by atoms with Gasteiger partial charge in [0.15, 0.2) is 0 Å². The lowest BCUT2D eigenvalue weighted by Gasteiger charge is -2.03. The van der Waals surface area contributed by atoms with Crippen molar-refractivity contribution < 1.29 is 9.53 Å². The molecule has 0 unspecified atom stereocenters. The molecule has 1 aromatic heterocycles. The Hall–Kier alpha value is -0.520. The van der Waals surface area contributed by atoms with Gasteiger partial charge in [0.05, 0.1) is 10.8 Å². The van der Waals surface area contributed by atoms with Gasteiger partial charge >= 0.3 is 5.97 Å². The Morgan fingerprint density at radius 1 is 1.44 bits per heavy atom. The molecule has 0 aliphatic rings. The van der Waals surface area contributed by atoms with E-state index in [1.165, 1.54) is 25.5 Å². The smallest absolute Gasteiger partial charge is 0.354 e. The Balaban J connectivity index is 2.90. The van der Waals surface area contributed by atoms with Gasteiger partial charge in [-0.25, -0.2) is 4.79 Å². The molecule has 0 bridgehead atoms. The van der Waals surface area contributed by atoms with Gasteiger partial charge in [-0.1, -0.05) is 19.8 Å². The van der Waals surface area contributed by atoms with Crippen LogP contribution in [-0.4, -0.2) is 18.1 Å². The Morgan fingerprint density at radius 3 is 2.69 bits per heavy atom. The van der Waals surface area contributed by atoms with Crippen molar-refractivity contribution >= 4 is 28.6 Å². The third-order valence-corrected chi connectivity index (χ3v) is 3.82. The lowest BCUT2D eigenvalue weighted by atomic mass is 10.0. The van der Waals surface area contributed by atoms with Crippen LogP contribution in [-0.2, 0) is 11.2 Å². The first-order valence-electron chi connectivity index (χ1n) is 5.57. The first-order chi connectivity index (χ1) is 7.61. The summed E-state index contributed by atoms with van der Waals surface area (Å²) in [6.45, 7) is 4.22. The van der Waals surface area contributed by atoms with Crippen molar-refractivity contribution in [2.45, 2.75) is 39.5 Å². The van der Waals surface area contributed by atoms with Gasteiger partial charge in [-0.05, 0) is 53.5 Å². The van der Waals surface area contributed by atoms with Crippen molar-refractivity contribution in [2.75, 3.05) is 7.11 Å². The number of hydrogen-bond acceptors (Lipinski definition) is 2. The fourth-order valence-corrected chi connectivity index (χ4v) is 2.33. The van der Waals surface area contributed by atoms with Crippen LogP contribution in [0.25, 0.3) is 0 Å². The zero-order valence-corrected chi connectivity index (χ0v) is 12.2. The van der Waals surface area contributed by atoms with E-state index in [0.29, 0.717) is 5.69 Å². The molecule has 1 aromatic rings. The van der Waals surface area contributed by atoms with Gasteiger partial charge < -0.3 is 9.72 Å². The number of aromatic nitrogens is 1. The minimum Gasteiger partial charge on any atom is -0.464 e. The minimum absolute atomic E-state index is 0.266. The van der Waals surface area contributed by atoms with E-state index in [2.05, 4.69) is 34.5 Å². The maximum Gasteiger partial charge on any atom is 0.354 e. The topological polar surface area (TPSA) is 42.1 Å². The van der Waals surface area contributed by atoms with E-state index in [-0.39, 0.29) is 5.97 Å². The summed E-state index contributed by atoms with van der Waals surface area (Å²) in [5.74, 6) is -0.266. The zero-order valence-electron chi connectivity index (χ0n) is 10.0. The fourth-order valence-electron chi connectivity index (χ4n) is 1.74. The number of esters is 1. The number of aromatic amines is 1. The van der Waals surface area contributed by atoms with Crippen molar-refractivity contribution in [3.63, 3.8) is 0 Å². The number of H-pyrrole nitrogens is 1. The minimum atomic E-state index is -0.266. The number of ether oxygens (including phenoxy) is 1. The number of unbranched alkanes of at least 4 members (excludes halogenated alkanes) is 2. The standard InChI is InChI=1S/C12H18INO2/c1-4-5-6-7-9-8(2)11(13)14-10(9)12(15)16-3/h14H,4-7H2,1-3H3. The maximum atomic E-state index is 11.6. The summed E-state index contributed by atoms with van der Waals surface area (Å²) in [6, 6.07) is 0. The lowest BCUT2D eigenvalue weighted by Crippen LogP contribution is -2.05. The van der Waals surface area contributed by atoms with Gasteiger partial charge in [0.1, 0.15) is 5.69 Å². The predicted octanol–water partition coefficient (Wildman–Crippen LogP) is 3.45. The highest BCUT2D eigenvalue weighted by molar-refractivity contribution is 14.1. The molecule has 0 radical (unpaired) electrons. The molecule has 90 valence electrons. The van der Waals surface area contributed by atoms with E-state index < -0.39 is 0 Å². The average Bonchev–Trinajstić information content (AvgIpc) is 2.56. The van der Waals surface area contributed by atoms with Crippen LogP contribution in [0.3, 0.4) is 0 Å². The Morgan fingerprint density at radius 2 is 2.12 bits per heavy atom. The number of carbonyl (C=O) groups is 1. The van der Waals surface area contributed by atoms with Crippen LogP contribution in [0.4, 0.5) is 0 Å². The van der Waals surface area contributed by atoms with E-state index in [1.54, 1.807) is 0 Å². The van der Waals surface area contributed by atoms with Crippen molar-refractivity contribution in [1.82, 2.24) is 4.98 Å². The second-order valence-corrected chi connectivity index (χ2v) is 4.94. The van der Waals surface area contributed by atoms with Gasteiger partial charge in [0.25, 0.3) is 0 Å². The molecule has 0 amide bonds. The molecule has 0 spiro atoms. The maximum absolute atomic E-state index is 11.6. The number of methoxy groups -OCH3 is 1. The van der Waals surface area contributed by atoms with Crippen LogP contribution >= 0.6 is 22.6 Å². The van der Waals surface area contributed by atoms with Crippen LogP contribution < -0.4 is 0 Å². The van der Waals surface area contributed by atoms with E-state index in [1.807, 2.05) is 6.92 Å². The third kappa shape index (κ3) is 2.99. The summed E-state index contributed by atoms with van der Waals surface area (Å²) < 4.78 is 5.81. The van der Waals surface area contributed by atoms with Gasteiger partial charge in [-0.2, -0.15) is 0 Å². The lowest BCUT2D eigenvalue weighted by molar-refractivity contribution is 0.0593. The van der Waals surface area contributed by atoms with Crippen LogP contribution in [0.1, 0.15) is 47.8 Å². The number of hydrogen-bond donors (Lipinski definition) is 1. The van der Waals surface area contributed by atoms with E-state index in [0.717, 1.165) is 22.1 Å². The second-order valence-electron chi connectivity index (χ2n) is 3.87. The molecule has 0 aromatic carbocycles. The SMILES string of the molecule is CCCCCc1c(C(=O)OC)[nH]c(I)c1C. The predicted molar refractivity (Wildman–Crippen MR) is 72.8 cm³/mol. The molecule has 0 saturated heterocycles. The molecule has 0 atom stereocenters. The molecule has 0 saturated carbocycles. The Bertz CT molecular complexity index is 371. The van der Waals surface area contributed by atoms with Gasteiger partial charge in [-0.3, -0.25) is 0 Å². The van der Waals surface area contributed by atoms with Crippen LogP contribution in [0.15, 0.2) is 0 Å². The van der Waals surface area contributed by atoms with Gasteiger partial charge in [0, 0.05) is 0 Å². The summed E-state index contributed by atoms with van der Waals surface area (Å²) in [6.07, 6.45) is 4.45. The Kier molecular flexibility index (Phi) is 5.31. The van der Waals surface area contributed by atoms with Gasteiger partial charge in [-0.15, -0.1) is 0 Å². The highest BCUT2D eigenvalue weighted by Gasteiger charge is 2.18. The highest BCUT2D eigenvalue weighted by atomic mass is 127. The molecule has 0 aliphatic heterocycles. The third-order valence-electron chi connectivity index (χ3n) is 2.74. The summed E-state index contributed by atoms with van der Waals surface area (Å²) >= 11 is 2.22. The fraction of sp³-hybridized carbons (Fsp3) is 0.583. The van der Waals surface area contributed by atoms with Crippen molar-refractivity contribution in [1.29, 1.82) is 0 Å². The largest absolute Gasteiger partial charge is 0.464 e. The molecule has 1 N–H and O–H groups in total. The molecule has 3 nitrogen and oxygen atoms in total. The molecule has 0 fully saturated rings. The zero-order chi connectivity index (χ0) is 12.1. The van der Waals surface area contributed by atoms with E-state index in [9.17, 15) is 4.79 Å². The normalized spacial score (nSPS) is 10.5. The second kappa shape index (κ2) is 6.27. The molecule has 16 heavy (non-hydrogen) atoms. The number of carbonyl (C=O) groups excluding carboxylic acids is 1. The summed E-state index contributed by atoms with van der Waals surface area (Å²) in [7, 11) is 1.42. The van der Waals surface area contributed by atoms with Crippen LogP contribution in [0, 0.1) is 10.6 Å². The van der Waals surface area contributed by atoms with Crippen LogP contribution in [0.5, 0.6) is 0 Å². The molecular formula is C12H18INO2. The Labute approximate surface area is 110 Å². The van der Waals surface area contributed by atoms with E-state index >= 15 is 0 Å². The van der Waals surface area contributed by atoms with Crippen LogP contribution in [0.2, 0.25) is 0 Å². The number of rotatable bonds is 5. The highest BCUT2D eigenvalue weighted by Crippen LogP contribution is 2.22. The molecule has 1 rings (SSSR count). The number of halogens is 1. The first-order valence-corrected chi connectivity index (χ1v) is 6.64. The van der Waals surface area contributed by atoms with Crippen molar-refractivity contribution in [2.24, 2.45) is 0 Å². The average molecular weight is 335 g/mol. The molecule has 4 heteroatoms. The summed E-state index contributed by atoms with van der Waals surface area (Å²) in [4.78, 5) is 14.7. The summed E-state index contributed by atoms with van der Waals surface area (Å²) in [5.41, 5.74) is 2.92.